The first-order chi connectivity index (χ1) is 10.0. The number of carbonyl (C=O) groups is 2. The molecule has 0 unspecified atom stereocenters. The van der Waals surface area contributed by atoms with Crippen LogP contribution >= 0.6 is 0 Å². The Balaban J connectivity index is 2.16. The predicted octanol–water partition coefficient (Wildman–Crippen LogP) is 1.00. The maximum Gasteiger partial charge on any atom is 0.259 e. The Morgan fingerprint density at radius 1 is 1.33 bits per heavy atom. The second kappa shape index (κ2) is 6.47. The molecule has 114 valence electrons. The first-order valence-corrected chi connectivity index (χ1v) is 7.14. The normalized spacial score (nSPS) is 15.8. The average Bonchev–Trinajstić information content (AvgIpc) is 2.47. The third-order valence-electron chi connectivity index (χ3n) is 3.76. The van der Waals surface area contributed by atoms with Crippen LogP contribution < -0.4 is 16.2 Å². The highest BCUT2D eigenvalue weighted by Crippen LogP contribution is 2.28. The molecule has 4 N–H and O–H groups in total. The number of piperidine rings is 1. The molecule has 0 aromatic heterocycles. The number of amides is 2. The highest BCUT2D eigenvalue weighted by Gasteiger charge is 2.28. The molecule has 0 bridgehead atoms. The van der Waals surface area contributed by atoms with Crippen molar-refractivity contribution in [2.75, 3.05) is 25.4 Å². The molecule has 1 aliphatic heterocycles. The molecule has 21 heavy (non-hydrogen) atoms. The lowest BCUT2D eigenvalue weighted by atomic mass is 9.95. The second-order valence-corrected chi connectivity index (χ2v) is 5.12. The Labute approximate surface area is 124 Å². The number of primary amides is 1. The Kier molecular flexibility index (Phi) is 4.67. The molecule has 1 aromatic rings. The van der Waals surface area contributed by atoms with Gasteiger partial charge in [0.2, 0.25) is 5.91 Å². The van der Waals surface area contributed by atoms with Gasteiger partial charge in [-0.2, -0.15) is 0 Å². The summed E-state index contributed by atoms with van der Waals surface area (Å²) in [7, 11) is 0. The predicted molar refractivity (Wildman–Crippen MR) is 79.8 cm³/mol. The molecule has 0 aliphatic carbocycles. The van der Waals surface area contributed by atoms with Crippen LogP contribution in [0.4, 0.5) is 5.69 Å². The van der Waals surface area contributed by atoms with Crippen molar-refractivity contribution in [2.45, 2.75) is 19.8 Å². The monoisotopic (exact) mass is 291 g/mol. The van der Waals surface area contributed by atoms with Gasteiger partial charge in [0.25, 0.3) is 5.91 Å². The molecule has 1 saturated heterocycles. The maximum absolute atomic E-state index is 12.6. The highest BCUT2D eigenvalue weighted by atomic mass is 16.5. The summed E-state index contributed by atoms with van der Waals surface area (Å²) in [4.78, 5) is 25.5. The molecule has 0 atom stereocenters. The Hall–Kier alpha value is -2.24. The molecule has 1 fully saturated rings. The van der Waals surface area contributed by atoms with E-state index in [2.05, 4.69) is 0 Å². The molecule has 1 aromatic carbocycles. The molecule has 2 rings (SSSR count). The van der Waals surface area contributed by atoms with Crippen molar-refractivity contribution < 1.29 is 14.3 Å². The van der Waals surface area contributed by atoms with Crippen LogP contribution in [0.1, 0.15) is 30.1 Å². The van der Waals surface area contributed by atoms with Gasteiger partial charge in [-0.1, -0.05) is 6.07 Å². The SMILES string of the molecule is CCOc1cccc(N)c1C(=O)N1CCC(C(N)=O)CC1. The van der Waals surface area contributed by atoms with Crippen LogP contribution in [0, 0.1) is 5.92 Å². The van der Waals surface area contributed by atoms with Crippen molar-refractivity contribution >= 4 is 17.5 Å². The summed E-state index contributed by atoms with van der Waals surface area (Å²) in [6.45, 7) is 3.34. The van der Waals surface area contributed by atoms with E-state index >= 15 is 0 Å². The van der Waals surface area contributed by atoms with Gasteiger partial charge in [0.05, 0.1) is 6.61 Å². The standard InChI is InChI=1S/C15H21N3O3/c1-2-21-12-5-3-4-11(16)13(12)15(20)18-8-6-10(7-9-18)14(17)19/h3-5,10H,2,6-9,16H2,1H3,(H2,17,19). The Morgan fingerprint density at radius 2 is 2.00 bits per heavy atom. The van der Waals surface area contributed by atoms with E-state index in [1.54, 1.807) is 23.1 Å². The summed E-state index contributed by atoms with van der Waals surface area (Å²) in [5.74, 6) is -0.0937. The maximum atomic E-state index is 12.6. The Bertz CT molecular complexity index is 537. The summed E-state index contributed by atoms with van der Waals surface area (Å²) in [5.41, 5.74) is 12.0. The number of carbonyl (C=O) groups excluding carboxylic acids is 2. The van der Waals surface area contributed by atoms with E-state index in [9.17, 15) is 9.59 Å². The number of hydrogen-bond donors (Lipinski definition) is 2. The lowest BCUT2D eigenvalue weighted by Gasteiger charge is -2.31. The zero-order chi connectivity index (χ0) is 15.4. The zero-order valence-corrected chi connectivity index (χ0v) is 12.2. The van der Waals surface area contributed by atoms with Crippen LogP contribution in [0.2, 0.25) is 0 Å². The van der Waals surface area contributed by atoms with Crippen LogP contribution in [-0.4, -0.2) is 36.4 Å². The van der Waals surface area contributed by atoms with Gasteiger partial charge in [-0.15, -0.1) is 0 Å². The van der Waals surface area contributed by atoms with Crippen molar-refractivity contribution in [1.29, 1.82) is 0 Å². The minimum atomic E-state index is -0.295. The molecule has 0 spiro atoms. The molecule has 6 heteroatoms. The number of hydrogen-bond acceptors (Lipinski definition) is 4. The van der Waals surface area contributed by atoms with Crippen molar-refractivity contribution in [3.8, 4) is 5.75 Å². The lowest BCUT2D eigenvalue weighted by Crippen LogP contribution is -2.42. The summed E-state index contributed by atoms with van der Waals surface area (Å²) in [5, 5.41) is 0. The van der Waals surface area contributed by atoms with Crippen LogP contribution in [0.5, 0.6) is 5.75 Å². The smallest absolute Gasteiger partial charge is 0.259 e. The largest absolute Gasteiger partial charge is 0.493 e. The van der Waals surface area contributed by atoms with Crippen molar-refractivity contribution in [1.82, 2.24) is 4.90 Å². The lowest BCUT2D eigenvalue weighted by molar-refractivity contribution is -0.123. The molecular formula is C15H21N3O3. The number of benzene rings is 1. The fourth-order valence-electron chi connectivity index (χ4n) is 2.58. The van der Waals surface area contributed by atoms with Crippen molar-refractivity contribution in [3.05, 3.63) is 23.8 Å². The highest BCUT2D eigenvalue weighted by molar-refractivity contribution is 6.02. The number of anilines is 1. The zero-order valence-electron chi connectivity index (χ0n) is 12.2. The second-order valence-electron chi connectivity index (χ2n) is 5.12. The minimum absolute atomic E-state index is 0.145. The van der Waals surface area contributed by atoms with Gasteiger partial charge in [0.1, 0.15) is 11.3 Å². The van der Waals surface area contributed by atoms with E-state index in [0.29, 0.717) is 49.5 Å². The third-order valence-corrected chi connectivity index (χ3v) is 3.76. The van der Waals surface area contributed by atoms with Crippen molar-refractivity contribution in [3.63, 3.8) is 0 Å². The summed E-state index contributed by atoms with van der Waals surface area (Å²) in [6.07, 6.45) is 1.19. The average molecular weight is 291 g/mol. The Morgan fingerprint density at radius 3 is 2.57 bits per heavy atom. The van der Waals surface area contributed by atoms with Crippen LogP contribution in [0.3, 0.4) is 0 Å². The fraction of sp³-hybridized carbons (Fsp3) is 0.467. The summed E-state index contributed by atoms with van der Waals surface area (Å²) >= 11 is 0. The molecule has 0 saturated carbocycles. The van der Waals surface area contributed by atoms with Gasteiger partial charge in [0.15, 0.2) is 0 Å². The minimum Gasteiger partial charge on any atom is -0.493 e. The van der Waals surface area contributed by atoms with Gasteiger partial charge in [-0.3, -0.25) is 9.59 Å². The van der Waals surface area contributed by atoms with E-state index < -0.39 is 0 Å². The van der Waals surface area contributed by atoms with E-state index in [0.717, 1.165) is 0 Å². The fourth-order valence-corrected chi connectivity index (χ4v) is 2.58. The number of likely N-dealkylation sites (tertiary alicyclic amines) is 1. The van der Waals surface area contributed by atoms with E-state index in [4.69, 9.17) is 16.2 Å². The molecule has 0 radical (unpaired) electrons. The molecule has 1 aliphatic rings. The van der Waals surface area contributed by atoms with Gasteiger partial charge in [-0.05, 0) is 31.9 Å². The molecular weight excluding hydrogens is 270 g/mol. The number of nitrogens with zero attached hydrogens (tertiary/aromatic N) is 1. The van der Waals surface area contributed by atoms with Gasteiger partial charge in [0, 0.05) is 24.7 Å². The summed E-state index contributed by atoms with van der Waals surface area (Å²) < 4.78 is 5.49. The van der Waals surface area contributed by atoms with Gasteiger partial charge in [-0.25, -0.2) is 0 Å². The van der Waals surface area contributed by atoms with E-state index in [-0.39, 0.29) is 17.7 Å². The summed E-state index contributed by atoms with van der Waals surface area (Å²) in [6, 6.07) is 5.19. The molecule has 6 nitrogen and oxygen atoms in total. The van der Waals surface area contributed by atoms with Crippen LogP contribution in [0.15, 0.2) is 18.2 Å². The number of nitrogen functional groups attached to an aromatic ring is 1. The number of rotatable bonds is 4. The quantitative estimate of drug-likeness (QED) is 0.809. The van der Waals surface area contributed by atoms with Gasteiger partial charge < -0.3 is 21.1 Å². The first-order valence-electron chi connectivity index (χ1n) is 7.14. The topological polar surface area (TPSA) is 98.7 Å². The van der Waals surface area contributed by atoms with Crippen LogP contribution in [-0.2, 0) is 4.79 Å². The number of nitrogens with two attached hydrogens (primary N) is 2. The first kappa shape index (κ1) is 15.2. The van der Waals surface area contributed by atoms with Gasteiger partial charge >= 0.3 is 0 Å². The molecule has 2 amide bonds. The van der Waals surface area contributed by atoms with E-state index in [1.165, 1.54) is 0 Å². The van der Waals surface area contributed by atoms with E-state index in [1.807, 2.05) is 6.92 Å². The third kappa shape index (κ3) is 3.26. The van der Waals surface area contributed by atoms with Crippen molar-refractivity contribution in [2.24, 2.45) is 11.7 Å². The number of ether oxygens (including phenoxy) is 1. The molecule has 1 heterocycles. The van der Waals surface area contributed by atoms with Crippen LogP contribution in [0.25, 0.3) is 0 Å².